The van der Waals surface area contributed by atoms with E-state index in [-0.39, 0.29) is 0 Å². The number of thiophene rings is 1. The monoisotopic (exact) mass is 434 g/mol. The zero-order valence-electron chi connectivity index (χ0n) is 8.96. The zero-order valence-corrected chi connectivity index (χ0v) is 13.3. The summed E-state index contributed by atoms with van der Waals surface area (Å²) >= 11 is -0.139. The van der Waals surface area contributed by atoms with Gasteiger partial charge in [-0.25, -0.2) is 0 Å². The Morgan fingerprint density at radius 1 is 0.941 bits per heavy atom. The molecule has 1 aromatic carbocycles. The second-order valence-electron chi connectivity index (χ2n) is 3.94. The van der Waals surface area contributed by atoms with E-state index < -0.39 is 21.8 Å². The standard InChI is InChI=1S/C8H4OS.C6H5.Bi/c1-3-7(9-5-1)8-4-2-6-10-8;1-2-4-6-5-3-1;/h1-2,5-6H;1-5H;. The quantitative estimate of drug-likeness (QED) is 0.417. The molecule has 0 saturated carbocycles. The Balaban J connectivity index is 1.99. The Morgan fingerprint density at radius 2 is 1.82 bits per heavy atom. The molecule has 0 N–H and O–H groups in total. The molecule has 17 heavy (non-hydrogen) atoms. The molecule has 3 heterocycles. The molecule has 0 unspecified atom stereocenters. The summed E-state index contributed by atoms with van der Waals surface area (Å²) < 4.78 is 10.3. The molecule has 0 fully saturated rings. The first-order valence-electron chi connectivity index (χ1n) is 5.46. The van der Waals surface area contributed by atoms with Crippen LogP contribution in [0.2, 0.25) is 0 Å². The third-order valence-corrected chi connectivity index (χ3v) is 14.3. The summed E-state index contributed by atoms with van der Waals surface area (Å²) in [6.07, 6.45) is 1.85. The third kappa shape index (κ3) is 1.39. The Bertz CT molecular complexity index is 628. The fourth-order valence-corrected chi connectivity index (χ4v) is 14.5. The fraction of sp³-hybridized carbons (Fsp3) is 0. The summed E-state index contributed by atoms with van der Waals surface area (Å²) in [5.74, 6) is 1.15. The van der Waals surface area contributed by atoms with Gasteiger partial charge in [0.05, 0.1) is 0 Å². The molecule has 2 aromatic heterocycles. The summed E-state index contributed by atoms with van der Waals surface area (Å²) in [7, 11) is 0. The molecule has 3 heteroatoms. The molecule has 1 aliphatic rings. The van der Waals surface area contributed by atoms with E-state index >= 15 is 0 Å². The van der Waals surface area contributed by atoms with E-state index in [1.165, 1.54) is 8.15 Å². The van der Waals surface area contributed by atoms with Crippen LogP contribution in [-0.4, -0.2) is 21.8 Å². The molecule has 0 spiro atoms. The van der Waals surface area contributed by atoms with Crippen LogP contribution in [0.3, 0.4) is 0 Å². The molecule has 1 nitrogen and oxygen atoms in total. The van der Waals surface area contributed by atoms with E-state index in [1.54, 1.807) is 6.54 Å². The second-order valence-corrected chi connectivity index (χ2v) is 13.2. The molecule has 0 bridgehead atoms. The van der Waals surface area contributed by atoms with Crippen LogP contribution in [0.15, 0.2) is 58.5 Å². The molecular weight excluding hydrogens is 425 g/mol. The van der Waals surface area contributed by atoms with Crippen LogP contribution >= 0.6 is 11.3 Å². The van der Waals surface area contributed by atoms with Crippen molar-refractivity contribution in [2.24, 2.45) is 0 Å². The molecule has 0 radical (unpaired) electrons. The first-order chi connectivity index (χ1) is 8.45. The van der Waals surface area contributed by atoms with Gasteiger partial charge in [-0.3, -0.25) is 0 Å². The van der Waals surface area contributed by atoms with Crippen LogP contribution in [0.5, 0.6) is 0 Å². The normalized spacial score (nSPS) is 13.6. The summed E-state index contributed by atoms with van der Waals surface area (Å²) in [5, 5.41) is 2.20. The van der Waals surface area contributed by atoms with Crippen LogP contribution in [0.4, 0.5) is 0 Å². The number of rotatable bonds is 1. The summed E-state index contributed by atoms with van der Waals surface area (Å²) in [5.41, 5.74) is 0. The minimum absolute atomic E-state index is 1.15. The Labute approximate surface area is 111 Å². The van der Waals surface area contributed by atoms with E-state index in [0.717, 1.165) is 5.76 Å². The van der Waals surface area contributed by atoms with Crippen molar-refractivity contribution in [2.75, 3.05) is 0 Å². The van der Waals surface area contributed by atoms with Gasteiger partial charge in [0.15, 0.2) is 0 Å². The van der Waals surface area contributed by atoms with Gasteiger partial charge in [0.2, 0.25) is 0 Å². The van der Waals surface area contributed by atoms with Crippen molar-refractivity contribution in [3.63, 3.8) is 0 Å². The number of furan rings is 1. The zero-order chi connectivity index (χ0) is 11.2. The molecule has 4 rings (SSSR count). The number of hydrogen-bond acceptors (Lipinski definition) is 2. The number of benzene rings is 1. The minimum atomic E-state index is -1.95. The molecule has 0 amide bonds. The van der Waals surface area contributed by atoms with Gasteiger partial charge in [0.25, 0.3) is 0 Å². The second kappa shape index (κ2) is 3.79. The van der Waals surface area contributed by atoms with Gasteiger partial charge in [-0.05, 0) is 0 Å². The average Bonchev–Trinajstić information content (AvgIpc) is 3.01. The van der Waals surface area contributed by atoms with Gasteiger partial charge < -0.3 is 0 Å². The third-order valence-electron chi connectivity index (χ3n) is 2.99. The van der Waals surface area contributed by atoms with Crippen LogP contribution in [0, 0.1) is 0 Å². The van der Waals surface area contributed by atoms with Crippen molar-refractivity contribution in [1.82, 2.24) is 0 Å². The molecule has 0 atom stereocenters. The van der Waals surface area contributed by atoms with Crippen LogP contribution in [0.1, 0.15) is 0 Å². The molecule has 0 saturated heterocycles. The Hall–Kier alpha value is -0.917. The van der Waals surface area contributed by atoms with Gasteiger partial charge in [-0.1, -0.05) is 0 Å². The van der Waals surface area contributed by atoms with Crippen molar-refractivity contribution < 1.29 is 4.42 Å². The molecule has 3 aromatic rings. The molecule has 0 aliphatic carbocycles. The van der Waals surface area contributed by atoms with E-state index in [4.69, 9.17) is 4.42 Å². The van der Waals surface area contributed by atoms with E-state index in [0.29, 0.717) is 0 Å². The SMILES string of the molecule is c1cc[c]([Bi]2[c]3ccoc3-c3scc[c]32)cc1. The Morgan fingerprint density at radius 3 is 2.71 bits per heavy atom. The van der Waals surface area contributed by atoms with Crippen molar-refractivity contribution in [3.05, 3.63) is 54.1 Å². The first-order valence-corrected chi connectivity index (χ1v) is 11.6. The van der Waals surface area contributed by atoms with Gasteiger partial charge in [0, 0.05) is 0 Å². The number of fused-ring (bicyclic) bond motifs is 3. The maximum absolute atomic E-state index is 5.67. The van der Waals surface area contributed by atoms with E-state index in [9.17, 15) is 0 Å². The summed E-state index contributed by atoms with van der Waals surface area (Å²) in [6, 6.07) is 15.4. The van der Waals surface area contributed by atoms with Crippen LogP contribution in [0.25, 0.3) is 10.6 Å². The fourth-order valence-electron chi connectivity index (χ4n) is 2.28. The molecule has 1 aliphatic heterocycles. The van der Waals surface area contributed by atoms with Gasteiger partial charge in [0.1, 0.15) is 0 Å². The summed E-state index contributed by atoms with van der Waals surface area (Å²) in [4.78, 5) is 1.38. The van der Waals surface area contributed by atoms with Crippen molar-refractivity contribution in [2.45, 2.75) is 0 Å². The predicted octanol–water partition coefficient (Wildman–Crippen LogP) is 1.84. The Kier molecular flexibility index (Phi) is 2.24. The average molecular weight is 434 g/mol. The summed E-state index contributed by atoms with van der Waals surface area (Å²) in [6.45, 7) is 0. The van der Waals surface area contributed by atoms with Gasteiger partial charge >= 0.3 is 112 Å². The topological polar surface area (TPSA) is 13.1 Å². The van der Waals surface area contributed by atoms with Crippen molar-refractivity contribution >= 4 is 42.9 Å². The predicted molar refractivity (Wildman–Crippen MR) is 73.1 cm³/mol. The van der Waals surface area contributed by atoms with Crippen LogP contribution < -0.4 is 9.81 Å². The van der Waals surface area contributed by atoms with E-state index in [1.807, 2.05) is 17.6 Å². The van der Waals surface area contributed by atoms with Gasteiger partial charge in [-0.2, -0.15) is 0 Å². The number of hydrogen-bond donors (Lipinski definition) is 0. The molecular formula is C14H9BiOS. The van der Waals surface area contributed by atoms with Crippen molar-refractivity contribution in [1.29, 1.82) is 0 Å². The maximum atomic E-state index is 5.67. The van der Waals surface area contributed by atoms with E-state index in [2.05, 4.69) is 47.8 Å². The van der Waals surface area contributed by atoms with Crippen LogP contribution in [-0.2, 0) is 0 Å². The van der Waals surface area contributed by atoms with Gasteiger partial charge in [-0.15, -0.1) is 0 Å². The molecule has 82 valence electrons. The first kappa shape index (κ1) is 10.0. The van der Waals surface area contributed by atoms with Crippen molar-refractivity contribution in [3.8, 4) is 10.6 Å².